The van der Waals surface area contributed by atoms with Gasteiger partial charge < -0.3 is 10.1 Å². The lowest BCUT2D eigenvalue weighted by molar-refractivity contribution is 0.0957. The summed E-state index contributed by atoms with van der Waals surface area (Å²) in [4.78, 5) is 11.7. The predicted octanol–water partition coefficient (Wildman–Crippen LogP) is 1.93. The number of amides is 1. The van der Waals surface area contributed by atoms with Gasteiger partial charge in [0, 0.05) is 0 Å². The third kappa shape index (κ3) is 1.96. The molecule has 0 saturated heterocycles. The standard InChI is InChI=1S/C12H15NO2/c1-8(2)9-3-4-11-10(7-9)12(14)13-5-6-15-11/h3-4,7-8H,5-6H2,1-2H3,(H,13,14). The molecule has 0 bridgehead atoms. The van der Waals surface area contributed by atoms with Gasteiger partial charge >= 0.3 is 0 Å². The summed E-state index contributed by atoms with van der Waals surface area (Å²) in [5.41, 5.74) is 1.81. The van der Waals surface area contributed by atoms with Gasteiger partial charge in [0.15, 0.2) is 0 Å². The molecule has 1 aliphatic rings. The van der Waals surface area contributed by atoms with Crippen LogP contribution >= 0.6 is 0 Å². The maximum Gasteiger partial charge on any atom is 0.255 e. The summed E-state index contributed by atoms with van der Waals surface area (Å²) in [7, 11) is 0. The first-order chi connectivity index (χ1) is 7.18. The smallest absolute Gasteiger partial charge is 0.255 e. The fraction of sp³-hybridized carbons (Fsp3) is 0.417. The van der Waals surface area contributed by atoms with E-state index in [1.54, 1.807) is 0 Å². The van der Waals surface area contributed by atoms with Crippen LogP contribution in [0.5, 0.6) is 5.75 Å². The molecule has 0 unspecified atom stereocenters. The summed E-state index contributed by atoms with van der Waals surface area (Å²) in [6, 6.07) is 5.82. The molecule has 1 N–H and O–H groups in total. The fourth-order valence-electron chi connectivity index (χ4n) is 1.63. The van der Waals surface area contributed by atoms with Crippen LogP contribution in [0.4, 0.5) is 0 Å². The highest BCUT2D eigenvalue weighted by Crippen LogP contribution is 2.25. The summed E-state index contributed by atoms with van der Waals surface area (Å²) in [6.45, 7) is 5.33. The molecule has 0 saturated carbocycles. The Labute approximate surface area is 89.4 Å². The first kappa shape index (κ1) is 10.0. The Bertz CT molecular complexity index is 385. The van der Waals surface area contributed by atoms with Crippen LogP contribution in [0.25, 0.3) is 0 Å². The molecule has 15 heavy (non-hydrogen) atoms. The molecule has 1 aromatic rings. The zero-order valence-electron chi connectivity index (χ0n) is 9.04. The van der Waals surface area contributed by atoms with Gasteiger partial charge in [-0.3, -0.25) is 4.79 Å². The Morgan fingerprint density at radius 1 is 1.40 bits per heavy atom. The highest BCUT2D eigenvalue weighted by Gasteiger charge is 2.16. The quantitative estimate of drug-likeness (QED) is 0.760. The van der Waals surface area contributed by atoms with Crippen LogP contribution in [-0.4, -0.2) is 19.1 Å². The number of fused-ring (bicyclic) bond motifs is 1. The minimum Gasteiger partial charge on any atom is -0.491 e. The normalized spacial score (nSPS) is 15.3. The van der Waals surface area contributed by atoms with E-state index in [4.69, 9.17) is 4.74 Å². The number of nitrogens with one attached hydrogen (secondary N) is 1. The van der Waals surface area contributed by atoms with Crippen LogP contribution in [0.15, 0.2) is 18.2 Å². The Hall–Kier alpha value is -1.51. The fourth-order valence-corrected chi connectivity index (χ4v) is 1.63. The second-order valence-corrected chi connectivity index (χ2v) is 4.01. The lowest BCUT2D eigenvalue weighted by Gasteiger charge is -2.10. The molecular formula is C12H15NO2. The van der Waals surface area contributed by atoms with Crippen molar-refractivity contribution >= 4 is 5.91 Å². The molecule has 80 valence electrons. The van der Waals surface area contributed by atoms with E-state index >= 15 is 0 Å². The summed E-state index contributed by atoms with van der Waals surface area (Å²) in [5, 5.41) is 2.80. The SMILES string of the molecule is CC(C)c1ccc2c(c1)C(=O)NCCO2. The summed E-state index contributed by atoms with van der Waals surface area (Å²) < 4.78 is 5.47. The highest BCUT2D eigenvalue weighted by atomic mass is 16.5. The molecule has 2 rings (SSSR count). The van der Waals surface area contributed by atoms with E-state index < -0.39 is 0 Å². The zero-order chi connectivity index (χ0) is 10.8. The topological polar surface area (TPSA) is 38.3 Å². The molecule has 0 fully saturated rings. The zero-order valence-corrected chi connectivity index (χ0v) is 9.04. The Kier molecular flexibility index (Phi) is 2.62. The number of rotatable bonds is 1. The molecule has 3 nitrogen and oxygen atoms in total. The van der Waals surface area contributed by atoms with Crippen molar-refractivity contribution in [2.24, 2.45) is 0 Å². The maximum absolute atomic E-state index is 11.7. The summed E-state index contributed by atoms with van der Waals surface area (Å²) in [6.07, 6.45) is 0. The van der Waals surface area contributed by atoms with Gasteiger partial charge in [0.05, 0.1) is 12.1 Å². The summed E-state index contributed by atoms with van der Waals surface area (Å²) in [5.74, 6) is 1.07. The average molecular weight is 205 g/mol. The molecule has 1 aliphatic heterocycles. The number of carbonyl (C=O) groups is 1. The monoisotopic (exact) mass is 205 g/mol. The molecule has 0 aromatic heterocycles. The van der Waals surface area contributed by atoms with Gasteiger partial charge in [-0.25, -0.2) is 0 Å². The average Bonchev–Trinajstić information content (AvgIpc) is 2.40. The Morgan fingerprint density at radius 2 is 2.20 bits per heavy atom. The molecule has 1 heterocycles. The lowest BCUT2D eigenvalue weighted by atomic mass is 10.00. The number of hydrogen-bond acceptors (Lipinski definition) is 2. The van der Waals surface area contributed by atoms with Crippen LogP contribution < -0.4 is 10.1 Å². The van der Waals surface area contributed by atoms with E-state index in [0.717, 1.165) is 5.56 Å². The van der Waals surface area contributed by atoms with Gasteiger partial charge in [0.2, 0.25) is 0 Å². The van der Waals surface area contributed by atoms with E-state index in [0.29, 0.717) is 30.4 Å². The second-order valence-electron chi connectivity index (χ2n) is 4.01. The molecular weight excluding hydrogens is 190 g/mol. The van der Waals surface area contributed by atoms with E-state index in [9.17, 15) is 4.79 Å². The van der Waals surface area contributed by atoms with Crippen molar-refractivity contribution < 1.29 is 9.53 Å². The van der Waals surface area contributed by atoms with Crippen LogP contribution in [0.3, 0.4) is 0 Å². The third-order valence-electron chi connectivity index (χ3n) is 2.56. The van der Waals surface area contributed by atoms with Gasteiger partial charge in [0.1, 0.15) is 12.4 Å². The van der Waals surface area contributed by atoms with Crippen LogP contribution in [0, 0.1) is 0 Å². The molecule has 0 radical (unpaired) electrons. The van der Waals surface area contributed by atoms with Crippen molar-refractivity contribution in [3.8, 4) is 5.75 Å². The molecule has 1 aromatic carbocycles. The number of hydrogen-bond donors (Lipinski definition) is 1. The summed E-state index contributed by atoms with van der Waals surface area (Å²) >= 11 is 0. The van der Waals surface area contributed by atoms with Crippen molar-refractivity contribution in [2.45, 2.75) is 19.8 Å². The van der Waals surface area contributed by atoms with E-state index in [1.807, 2.05) is 18.2 Å². The van der Waals surface area contributed by atoms with Gasteiger partial charge in [0.25, 0.3) is 5.91 Å². The molecule has 0 aliphatic carbocycles. The van der Waals surface area contributed by atoms with Gasteiger partial charge in [-0.05, 0) is 23.6 Å². The minimum absolute atomic E-state index is 0.0370. The van der Waals surface area contributed by atoms with Gasteiger partial charge in [-0.2, -0.15) is 0 Å². The molecule has 0 atom stereocenters. The highest BCUT2D eigenvalue weighted by molar-refractivity contribution is 5.97. The van der Waals surface area contributed by atoms with Crippen LogP contribution in [0.1, 0.15) is 35.7 Å². The first-order valence-corrected chi connectivity index (χ1v) is 5.23. The Balaban J connectivity index is 2.44. The number of ether oxygens (including phenoxy) is 1. The number of benzene rings is 1. The molecule has 3 heteroatoms. The largest absolute Gasteiger partial charge is 0.491 e. The van der Waals surface area contributed by atoms with Crippen molar-refractivity contribution in [3.05, 3.63) is 29.3 Å². The number of carbonyl (C=O) groups excluding carboxylic acids is 1. The Morgan fingerprint density at radius 3 is 2.93 bits per heavy atom. The lowest BCUT2D eigenvalue weighted by Crippen LogP contribution is -2.24. The van der Waals surface area contributed by atoms with Crippen molar-refractivity contribution in [3.63, 3.8) is 0 Å². The minimum atomic E-state index is -0.0370. The molecule has 1 amide bonds. The van der Waals surface area contributed by atoms with E-state index in [1.165, 1.54) is 0 Å². The van der Waals surface area contributed by atoms with Crippen molar-refractivity contribution in [1.82, 2.24) is 5.32 Å². The second kappa shape index (κ2) is 3.93. The van der Waals surface area contributed by atoms with E-state index in [2.05, 4.69) is 19.2 Å². The van der Waals surface area contributed by atoms with Crippen LogP contribution in [0.2, 0.25) is 0 Å². The predicted molar refractivity (Wildman–Crippen MR) is 58.4 cm³/mol. The maximum atomic E-state index is 11.7. The van der Waals surface area contributed by atoms with Gasteiger partial charge in [-0.15, -0.1) is 0 Å². The van der Waals surface area contributed by atoms with Crippen molar-refractivity contribution in [1.29, 1.82) is 0 Å². The van der Waals surface area contributed by atoms with Crippen LogP contribution in [-0.2, 0) is 0 Å². The third-order valence-corrected chi connectivity index (χ3v) is 2.56. The van der Waals surface area contributed by atoms with E-state index in [-0.39, 0.29) is 5.91 Å². The first-order valence-electron chi connectivity index (χ1n) is 5.23. The van der Waals surface area contributed by atoms with Gasteiger partial charge in [-0.1, -0.05) is 19.9 Å². The molecule has 0 spiro atoms. The van der Waals surface area contributed by atoms with Crippen molar-refractivity contribution in [2.75, 3.05) is 13.2 Å².